The normalized spacial score (nSPS) is 24.4. The molecule has 18 heavy (non-hydrogen) atoms. The molecule has 1 amide bonds. The topological polar surface area (TPSA) is 49.3 Å². The van der Waals surface area contributed by atoms with Crippen LogP contribution in [0.4, 0.5) is 0 Å². The van der Waals surface area contributed by atoms with Crippen molar-refractivity contribution in [2.75, 3.05) is 0 Å². The molecule has 3 atom stereocenters. The van der Waals surface area contributed by atoms with Gasteiger partial charge in [-0.15, -0.1) is 0 Å². The largest absolute Gasteiger partial charge is 0.369 e. The van der Waals surface area contributed by atoms with E-state index in [1.54, 1.807) is 0 Å². The third-order valence-corrected chi connectivity index (χ3v) is 3.56. The highest BCUT2D eigenvalue weighted by molar-refractivity contribution is 6.68. The van der Waals surface area contributed by atoms with E-state index in [0.717, 1.165) is 12.0 Å². The van der Waals surface area contributed by atoms with Crippen molar-refractivity contribution >= 4 is 40.7 Å². The van der Waals surface area contributed by atoms with Gasteiger partial charge in [0.05, 0.1) is 0 Å². The number of carbonyl (C=O) groups excluding carboxylic acids is 1. The molecule has 2 N–H and O–H groups in total. The maximum absolute atomic E-state index is 11.8. The van der Waals surface area contributed by atoms with E-state index in [9.17, 15) is 9.90 Å². The van der Waals surface area contributed by atoms with Crippen molar-refractivity contribution in [3.63, 3.8) is 0 Å². The van der Waals surface area contributed by atoms with E-state index < -0.39 is 10.0 Å². The Morgan fingerprint density at radius 3 is 2.50 bits per heavy atom. The van der Waals surface area contributed by atoms with Crippen molar-refractivity contribution in [3.05, 3.63) is 35.9 Å². The number of halogens is 3. The molecule has 1 fully saturated rings. The summed E-state index contributed by atoms with van der Waals surface area (Å²) in [5.74, 6) is -0.258. The number of hydrogen-bond donors (Lipinski definition) is 2. The summed E-state index contributed by atoms with van der Waals surface area (Å²) >= 11 is 16.4. The van der Waals surface area contributed by atoms with Gasteiger partial charge in [-0.1, -0.05) is 65.1 Å². The summed E-state index contributed by atoms with van der Waals surface area (Å²) in [6.07, 6.45) is -0.741. The highest BCUT2D eigenvalue weighted by atomic mass is 35.6. The van der Waals surface area contributed by atoms with E-state index in [1.807, 2.05) is 30.3 Å². The molecule has 0 saturated heterocycles. The van der Waals surface area contributed by atoms with Crippen LogP contribution in [0, 0.1) is 5.92 Å². The third-order valence-electron chi connectivity index (χ3n) is 2.94. The van der Waals surface area contributed by atoms with Gasteiger partial charge in [0, 0.05) is 5.92 Å². The van der Waals surface area contributed by atoms with E-state index in [0.29, 0.717) is 0 Å². The van der Waals surface area contributed by atoms with Crippen LogP contribution >= 0.6 is 34.8 Å². The predicted molar refractivity (Wildman–Crippen MR) is 71.7 cm³/mol. The van der Waals surface area contributed by atoms with Crippen LogP contribution in [0.1, 0.15) is 17.9 Å². The van der Waals surface area contributed by atoms with E-state index >= 15 is 0 Å². The summed E-state index contributed by atoms with van der Waals surface area (Å²) in [6, 6.07) is 9.73. The highest BCUT2D eigenvalue weighted by Gasteiger charge is 2.45. The first-order chi connectivity index (χ1) is 8.39. The lowest BCUT2D eigenvalue weighted by Crippen LogP contribution is -2.44. The molecule has 3 nitrogen and oxygen atoms in total. The summed E-state index contributed by atoms with van der Waals surface area (Å²) in [7, 11) is 0. The molecule has 0 bridgehead atoms. The first kappa shape index (κ1) is 13.9. The number of carbonyl (C=O) groups is 1. The lowest BCUT2D eigenvalue weighted by molar-refractivity contribution is -0.125. The Morgan fingerprint density at radius 1 is 1.33 bits per heavy atom. The average Bonchev–Trinajstić information content (AvgIpc) is 3.08. The second-order valence-electron chi connectivity index (χ2n) is 4.31. The molecule has 0 aromatic heterocycles. The molecule has 2 rings (SSSR count). The van der Waals surface area contributed by atoms with E-state index in [2.05, 4.69) is 5.32 Å². The molecule has 1 aromatic rings. The fourth-order valence-corrected chi connectivity index (χ4v) is 2.04. The zero-order chi connectivity index (χ0) is 13.3. The lowest BCUT2D eigenvalue weighted by atomic mass is 10.1. The molecule has 1 saturated carbocycles. The standard InChI is InChI=1S/C12H12Cl3NO2/c13-12(14,15)11(18)16-10(17)9-6-8(9)7-4-2-1-3-5-7/h1-5,8-9,11,18H,6H2,(H,16,17). The van der Waals surface area contributed by atoms with Gasteiger partial charge in [-0.3, -0.25) is 4.79 Å². The monoisotopic (exact) mass is 307 g/mol. The summed E-state index contributed by atoms with van der Waals surface area (Å²) in [5.41, 5.74) is 1.11. The summed E-state index contributed by atoms with van der Waals surface area (Å²) in [4.78, 5) is 11.8. The Kier molecular flexibility index (Phi) is 4.07. The molecule has 0 spiro atoms. The van der Waals surface area contributed by atoms with Crippen molar-refractivity contribution in [3.8, 4) is 0 Å². The van der Waals surface area contributed by atoms with Crippen LogP contribution in [0.2, 0.25) is 0 Å². The predicted octanol–water partition coefficient (Wildman–Crippen LogP) is 2.59. The van der Waals surface area contributed by atoms with Crippen LogP contribution < -0.4 is 5.32 Å². The van der Waals surface area contributed by atoms with Crippen LogP contribution in [0.5, 0.6) is 0 Å². The zero-order valence-corrected chi connectivity index (χ0v) is 11.6. The number of alkyl halides is 3. The van der Waals surface area contributed by atoms with Gasteiger partial charge in [-0.05, 0) is 17.9 Å². The third kappa shape index (κ3) is 3.29. The number of hydrogen-bond acceptors (Lipinski definition) is 2. The van der Waals surface area contributed by atoms with E-state index in [4.69, 9.17) is 34.8 Å². The highest BCUT2D eigenvalue weighted by Crippen LogP contribution is 2.47. The second-order valence-corrected chi connectivity index (χ2v) is 6.68. The van der Waals surface area contributed by atoms with Gasteiger partial charge in [0.1, 0.15) is 0 Å². The smallest absolute Gasteiger partial charge is 0.234 e. The van der Waals surface area contributed by atoms with Gasteiger partial charge in [0.25, 0.3) is 0 Å². The Hall–Kier alpha value is -0.480. The Balaban J connectivity index is 1.91. The zero-order valence-electron chi connectivity index (χ0n) is 9.32. The minimum Gasteiger partial charge on any atom is -0.369 e. The van der Waals surface area contributed by atoms with Gasteiger partial charge in [-0.25, -0.2) is 0 Å². The number of amides is 1. The fourth-order valence-electron chi connectivity index (χ4n) is 1.88. The van der Waals surface area contributed by atoms with E-state index in [-0.39, 0.29) is 17.7 Å². The number of benzene rings is 1. The molecular formula is C12H12Cl3NO2. The molecule has 0 aliphatic heterocycles. The molecule has 0 radical (unpaired) electrons. The van der Waals surface area contributed by atoms with Gasteiger partial charge in [0.15, 0.2) is 6.23 Å². The molecular weight excluding hydrogens is 296 g/mol. The maximum Gasteiger partial charge on any atom is 0.234 e. The van der Waals surface area contributed by atoms with Crippen molar-refractivity contribution in [1.82, 2.24) is 5.32 Å². The van der Waals surface area contributed by atoms with Crippen molar-refractivity contribution in [2.45, 2.75) is 22.4 Å². The maximum atomic E-state index is 11.8. The van der Waals surface area contributed by atoms with Gasteiger partial charge < -0.3 is 10.4 Å². The number of aliphatic hydroxyl groups is 1. The summed E-state index contributed by atoms with van der Waals surface area (Å²) in [6.45, 7) is 0. The second kappa shape index (κ2) is 5.25. The molecule has 1 aromatic carbocycles. The molecule has 6 heteroatoms. The van der Waals surface area contributed by atoms with Crippen molar-refractivity contribution in [2.24, 2.45) is 5.92 Å². The van der Waals surface area contributed by atoms with Crippen molar-refractivity contribution < 1.29 is 9.90 Å². The Labute approximate surface area is 120 Å². The minimum atomic E-state index is -1.91. The van der Waals surface area contributed by atoms with Crippen molar-refractivity contribution in [1.29, 1.82) is 0 Å². The molecule has 98 valence electrons. The average molecular weight is 309 g/mol. The number of rotatable bonds is 3. The Morgan fingerprint density at radius 2 is 1.94 bits per heavy atom. The van der Waals surface area contributed by atoms with Crippen LogP contribution in [0.3, 0.4) is 0 Å². The van der Waals surface area contributed by atoms with Crippen LogP contribution in [-0.2, 0) is 4.79 Å². The van der Waals surface area contributed by atoms with Gasteiger partial charge in [0.2, 0.25) is 9.70 Å². The molecule has 3 unspecified atom stereocenters. The molecule has 1 aliphatic rings. The fraction of sp³-hybridized carbons (Fsp3) is 0.417. The molecule has 1 aliphatic carbocycles. The van der Waals surface area contributed by atoms with Crippen LogP contribution in [-0.4, -0.2) is 21.0 Å². The first-order valence-corrected chi connectivity index (χ1v) is 6.63. The summed E-state index contributed by atoms with van der Waals surface area (Å²) in [5, 5.41) is 11.8. The SMILES string of the molecule is O=C(NC(O)C(Cl)(Cl)Cl)C1CC1c1ccccc1. The number of aliphatic hydroxyl groups excluding tert-OH is 1. The lowest BCUT2D eigenvalue weighted by Gasteiger charge is -2.19. The van der Waals surface area contributed by atoms with Gasteiger partial charge >= 0.3 is 0 Å². The van der Waals surface area contributed by atoms with Gasteiger partial charge in [-0.2, -0.15) is 0 Å². The van der Waals surface area contributed by atoms with Crippen LogP contribution in [0.15, 0.2) is 30.3 Å². The van der Waals surface area contributed by atoms with Crippen LogP contribution in [0.25, 0.3) is 0 Å². The first-order valence-electron chi connectivity index (χ1n) is 5.49. The Bertz CT molecular complexity index is 433. The quantitative estimate of drug-likeness (QED) is 0.666. The number of nitrogens with one attached hydrogen (secondary N) is 1. The molecule has 0 heterocycles. The minimum absolute atomic E-state index is 0.158. The van der Waals surface area contributed by atoms with E-state index in [1.165, 1.54) is 0 Å². The summed E-state index contributed by atoms with van der Waals surface area (Å²) < 4.78 is -1.91.